The van der Waals surface area contributed by atoms with Gasteiger partial charge in [0.25, 0.3) is 0 Å². The van der Waals surface area contributed by atoms with Crippen molar-refractivity contribution in [2.75, 3.05) is 6.54 Å². The van der Waals surface area contributed by atoms with E-state index >= 15 is 0 Å². The van der Waals surface area contributed by atoms with E-state index in [0.29, 0.717) is 18.0 Å². The van der Waals surface area contributed by atoms with Crippen LogP contribution >= 0.6 is 0 Å². The summed E-state index contributed by atoms with van der Waals surface area (Å²) < 4.78 is 0. The van der Waals surface area contributed by atoms with Crippen LogP contribution in [0.25, 0.3) is 0 Å². The van der Waals surface area contributed by atoms with Gasteiger partial charge < -0.3 is 5.11 Å². The highest BCUT2D eigenvalue weighted by Crippen LogP contribution is 2.26. The van der Waals surface area contributed by atoms with Gasteiger partial charge in [-0.15, -0.1) is 6.58 Å². The minimum absolute atomic E-state index is 0.210. The van der Waals surface area contributed by atoms with Crippen LogP contribution in [-0.2, 0) is 0 Å². The molecule has 94 valence electrons. The number of aliphatic hydroxyl groups is 1. The topological polar surface area (TPSA) is 23.5 Å². The van der Waals surface area contributed by atoms with Crippen LogP contribution < -0.4 is 0 Å². The van der Waals surface area contributed by atoms with E-state index in [4.69, 9.17) is 0 Å². The summed E-state index contributed by atoms with van der Waals surface area (Å²) in [6, 6.07) is 0.897. The standard InChI is InChI=1S/C14H27NO/c1-5-8-11(2)12(3)15-10-7-6-9-14(15)13(4)16/h5,11-14,16H,1,6-10H2,2-4H3. The lowest BCUT2D eigenvalue weighted by molar-refractivity contribution is 0.000668. The first-order chi connectivity index (χ1) is 7.57. The molecule has 1 aliphatic rings. The van der Waals surface area contributed by atoms with Crippen LogP contribution in [0.3, 0.4) is 0 Å². The van der Waals surface area contributed by atoms with Gasteiger partial charge in [-0.3, -0.25) is 4.90 Å². The molecule has 4 atom stereocenters. The van der Waals surface area contributed by atoms with E-state index in [1.807, 2.05) is 13.0 Å². The zero-order valence-corrected chi connectivity index (χ0v) is 11.0. The molecule has 0 aromatic carbocycles. The first kappa shape index (κ1) is 13.7. The van der Waals surface area contributed by atoms with Gasteiger partial charge in [-0.1, -0.05) is 19.4 Å². The van der Waals surface area contributed by atoms with E-state index in [0.717, 1.165) is 19.4 Å². The third-order valence-corrected chi connectivity index (χ3v) is 4.03. The van der Waals surface area contributed by atoms with Crippen LogP contribution in [0.1, 0.15) is 46.5 Å². The van der Waals surface area contributed by atoms with E-state index in [-0.39, 0.29) is 6.10 Å². The molecule has 1 N–H and O–H groups in total. The average molecular weight is 225 g/mol. The van der Waals surface area contributed by atoms with Gasteiger partial charge in [0.05, 0.1) is 6.10 Å². The molecule has 2 heteroatoms. The number of piperidine rings is 1. The average Bonchev–Trinajstić information content (AvgIpc) is 2.28. The second-order valence-corrected chi connectivity index (χ2v) is 5.28. The quantitative estimate of drug-likeness (QED) is 0.727. The lowest BCUT2D eigenvalue weighted by atomic mass is 9.91. The Bertz CT molecular complexity index is 215. The molecule has 1 rings (SSSR count). The summed E-state index contributed by atoms with van der Waals surface area (Å²) in [5, 5.41) is 9.85. The molecule has 1 heterocycles. The van der Waals surface area contributed by atoms with E-state index in [1.165, 1.54) is 12.8 Å². The summed E-state index contributed by atoms with van der Waals surface area (Å²) in [5.41, 5.74) is 0. The SMILES string of the molecule is C=CCC(C)C(C)N1CCCCC1C(C)O. The zero-order valence-electron chi connectivity index (χ0n) is 11.0. The number of likely N-dealkylation sites (tertiary alicyclic amines) is 1. The normalized spacial score (nSPS) is 28.4. The lowest BCUT2D eigenvalue weighted by Gasteiger charge is -2.43. The van der Waals surface area contributed by atoms with Crippen molar-refractivity contribution in [3.63, 3.8) is 0 Å². The van der Waals surface area contributed by atoms with Crippen LogP contribution in [-0.4, -0.2) is 34.7 Å². The molecule has 0 aromatic rings. The first-order valence-corrected chi connectivity index (χ1v) is 6.62. The fourth-order valence-corrected chi connectivity index (χ4v) is 2.79. The van der Waals surface area contributed by atoms with Gasteiger partial charge in [-0.2, -0.15) is 0 Å². The molecule has 0 radical (unpaired) electrons. The van der Waals surface area contributed by atoms with E-state index in [1.54, 1.807) is 0 Å². The Morgan fingerprint density at radius 3 is 2.62 bits per heavy atom. The molecular weight excluding hydrogens is 198 g/mol. The maximum atomic E-state index is 9.85. The van der Waals surface area contributed by atoms with Crippen molar-refractivity contribution in [2.45, 2.75) is 64.6 Å². The van der Waals surface area contributed by atoms with Crippen molar-refractivity contribution in [1.82, 2.24) is 4.90 Å². The van der Waals surface area contributed by atoms with E-state index in [9.17, 15) is 5.11 Å². The molecule has 2 nitrogen and oxygen atoms in total. The van der Waals surface area contributed by atoms with Gasteiger partial charge in [-0.05, 0) is 45.6 Å². The van der Waals surface area contributed by atoms with Crippen LogP contribution in [0.5, 0.6) is 0 Å². The number of hydrogen-bond acceptors (Lipinski definition) is 2. The molecule has 0 spiro atoms. The Labute approximate surface area is 100 Å². The second kappa shape index (κ2) is 6.41. The molecule has 0 aliphatic carbocycles. The lowest BCUT2D eigenvalue weighted by Crippen LogP contribution is -2.51. The molecule has 0 aromatic heterocycles. The van der Waals surface area contributed by atoms with Crippen molar-refractivity contribution < 1.29 is 5.11 Å². The molecule has 0 amide bonds. The maximum absolute atomic E-state index is 9.85. The third-order valence-electron chi connectivity index (χ3n) is 4.03. The fraction of sp³-hybridized carbons (Fsp3) is 0.857. The molecule has 1 saturated heterocycles. The van der Waals surface area contributed by atoms with E-state index < -0.39 is 0 Å². The summed E-state index contributed by atoms with van der Waals surface area (Å²) in [7, 11) is 0. The largest absolute Gasteiger partial charge is 0.392 e. The number of rotatable bonds is 5. The number of allylic oxidation sites excluding steroid dienone is 1. The van der Waals surface area contributed by atoms with Gasteiger partial charge in [0.2, 0.25) is 0 Å². The van der Waals surface area contributed by atoms with E-state index in [2.05, 4.69) is 25.3 Å². The minimum Gasteiger partial charge on any atom is -0.392 e. The summed E-state index contributed by atoms with van der Waals surface area (Å²) in [4.78, 5) is 2.50. The highest BCUT2D eigenvalue weighted by Gasteiger charge is 2.31. The van der Waals surface area contributed by atoms with Crippen LogP contribution in [0.15, 0.2) is 12.7 Å². The number of nitrogens with zero attached hydrogens (tertiary/aromatic N) is 1. The Morgan fingerprint density at radius 1 is 1.38 bits per heavy atom. The molecular formula is C14H27NO. The van der Waals surface area contributed by atoms with Crippen LogP contribution in [0.2, 0.25) is 0 Å². The molecule has 4 unspecified atom stereocenters. The van der Waals surface area contributed by atoms with Crippen molar-refractivity contribution in [3.05, 3.63) is 12.7 Å². The summed E-state index contributed by atoms with van der Waals surface area (Å²) in [6.07, 6.45) is 6.53. The summed E-state index contributed by atoms with van der Waals surface area (Å²) >= 11 is 0. The molecule has 0 bridgehead atoms. The summed E-state index contributed by atoms with van der Waals surface area (Å²) in [5.74, 6) is 0.622. The Balaban J connectivity index is 2.63. The molecule has 1 fully saturated rings. The first-order valence-electron chi connectivity index (χ1n) is 6.62. The molecule has 1 aliphatic heterocycles. The molecule has 0 saturated carbocycles. The number of aliphatic hydroxyl groups excluding tert-OH is 1. The van der Waals surface area contributed by atoms with Gasteiger partial charge in [0, 0.05) is 12.1 Å². The van der Waals surface area contributed by atoms with Crippen LogP contribution in [0.4, 0.5) is 0 Å². The summed E-state index contributed by atoms with van der Waals surface area (Å²) in [6.45, 7) is 11.4. The van der Waals surface area contributed by atoms with Gasteiger partial charge in [0.1, 0.15) is 0 Å². The minimum atomic E-state index is -0.210. The fourth-order valence-electron chi connectivity index (χ4n) is 2.79. The van der Waals surface area contributed by atoms with Gasteiger partial charge in [-0.25, -0.2) is 0 Å². The monoisotopic (exact) mass is 225 g/mol. The zero-order chi connectivity index (χ0) is 12.1. The predicted molar refractivity (Wildman–Crippen MR) is 69.5 cm³/mol. The van der Waals surface area contributed by atoms with Crippen molar-refractivity contribution in [3.8, 4) is 0 Å². The van der Waals surface area contributed by atoms with Crippen molar-refractivity contribution >= 4 is 0 Å². The van der Waals surface area contributed by atoms with Crippen molar-refractivity contribution in [2.24, 2.45) is 5.92 Å². The Kier molecular flexibility index (Phi) is 5.50. The van der Waals surface area contributed by atoms with Crippen LogP contribution in [0, 0.1) is 5.92 Å². The Hall–Kier alpha value is -0.340. The second-order valence-electron chi connectivity index (χ2n) is 5.28. The van der Waals surface area contributed by atoms with Gasteiger partial charge in [0.15, 0.2) is 0 Å². The smallest absolute Gasteiger partial charge is 0.0667 e. The van der Waals surface area contributed by atoms with Crippen molar-refractivity contribution in [1.29, 1.82) is 0 Å². The van der Waals surface area contributed by atoms with Gasteiger partial charge >= 0.3 is 0 Å². The third kappa shape index (κ3) is 3.33. The molecule has 16 heavy (non-hydrogen) atoms. The number of hydrogen-bond donors (Lipinski definition) is 1. The Morgan fingerprint density at radius 2 is 2.06 bits per heavy atom. The maximum Gasteiger partial charge on any atom is 0.0667 e. The highest BCUT2D eigenvalue weighted by atomic mass is 16.3. The highest BCUT2D eigenvalue weighted by molar-refractivity contribution is 4.87. The predicted octanol–water partition coefficient (Wildman–Crippen LogP) is 2.82.